The SMILES string of the molecule is CCCCCN(C(=O)CN1CC(c2ccc3c(c2)CCO3)C(C(=O)O)C1c1ccc(F)cc1)c1ccc(F)c(C)c1. The highest BCUT2D eigenvalue weighted by atomic mass is 19.1. The molecule has 216 valence electrons. The van der Waals surface area contributed by atoms with Crippen molar-refractivity contribution in [3.8, 4) is 5.75 Å². The maximum absolute atomic E-state index is 14.1. The van der Waals surface area contributed by atoms with E-state index >= 15 is 0 Å². The van der Waals surface area contributed by atoms with Gasteiger partial charge < -0.3 is 14.7 Å². The molecule has 8 heteroatoms. The minimum Gasteiger partial charge on any atom is -0.493 e. The second kappa shape index (κ2) is 12.4. The van der Waals surface area contributed by atoms with Gasteiger partial charge in [0, 0.05) is 37.2 Å². The molecule has 2 aliphatic rings. The van der Waals surface area contributed by atoms with Gasteiger partial charge in [0.25, 0.3) is 0 Å². The van der Waals surface area contributed by atoms with Gasteiger partial charge in [0.15, 0.2) is 0 Å². The summed E-state index contributed by atoms with van der Waals surface area (Å²) in [6, 6.07) is 15.7. The van der Waals surface area contributed by atoms with Crippen molar-refractivity contribution < 1.29 is 28.2 Å². The van der Waals surface area contributed by atoms with E-state index in [0.29, 0.717) is 36.5 Å². The zero-order valence-electron chi connectivity index (χ0n) is 23.5. The highest BCUT2D eigenvalue weighted by molar-refractivity contribution is 5.95. The van der Waals surface area contributed by atoms with Crippen LogP contribution >= 0.6 is 0 Å². The summed E-state index contributed by atoms with van der Waals surface area (Å²) in [7, 11) is 0. The van der Waals surface area contributed by atoms with Crippen molar-refractivity contribution in [2.24, 2.45) is 5.92 Å². The van der Waals surface area contributed by atoms with Gasteiger partial charge in [-0.1, -0.05) is 44.0 Å². The lowest BCUT2D eigenvalue weighted by atomic mass is 9.82. The minimum atomic E-state index is -0.968. The number of carboxylic acids is 1. The van der Waals surface area contributed by atoms with Gasteiger partial charge in [-0.05, 0) is 72.0 Å². The lowest BCUT2D eigenvalue weighted by Crippen LogP contribution is -2.41. The van der Waals surface area contributed by atoms with Gasteiger partial charge in [-0.25, -0.2) is 8.78 Å². The lowest BCUT2D eigenvalue weighted by molar-refractivity contribution is -0.143. The third kappa shape index (κ3) is 6.12. The Morgan fingerprint density at radius 3 is 2.49 bits per heavy atom. The van der Waals surface area contributed by atoms with E-state index in [0.717, 1.165) is 42.6 Å². The predicted molar refractivity (Wildman–Crippen MR) is 153 cm³/mol. The first-order chi connectivity index (χ1) is 19.8. The molecule has 1 saturated heterocycles. The molecule has 1 fully saturated rings. The topological polar surface area (TPSA) is 70.1 Å². The summed E-state index contributed by atoms with van der Waals surface area (Å²) in [6.07, 6.45) is 3.48. The van der Waals surface area contributed by atoms with Gasteiger partial charge in [-0.3, -0.25) is 14.5 Å². The Kier molecular flexibility index (Phi) is 8.68. The fraction of sp³-hybridized carbons (Fsp3) is 0.394. The van der Waals surface area contributed by atoms with Gasteiger partial charge in [-0.15, -0.1) is 0 Å². The molecule has 0 aromatic heterocycles. The molecule has 2 aliphatic heterocycles. The second-order valence-electron chi connectivity index (χ2n) is 11.0. The van der Waals surface area contributed by atoms with E-state index in [1.807, 2.05) is 23.1 Å². The number of likely N-dealkylation sites (tertiary alicyclic amines) is 1. The molecule has 3 atom stereocenters. The number of unbranched alkanes of at least 4 members (excludes halogenated alkanes) is 2. The Balaban J connectivity index is 1.50. The van der Waals surface area contributed by atoms with Crippen molar-refractivity contribution >= 4 is 17.6 Å². The van der Waals surface area contributed by atoms with Crippen LogP contribution in [0.15, 0.2) is 60.7 Å². The maximum Gasteiger partial charge on any atom is 0.309 e. The van der Waals surface area contributed by atoms with E-state index in [2.05, 4.69) is 6.92 Å². The van der Waals surface area contributed by atoms with Gasteiger partial charge in [0.1, 0.15) is 17.4 Å². The van der Waals surface area contributed by atoms with Crippen LogP contribution in [0.5, 0.6) is 5.75 Å². The lowest BCUT2D eigenvalue weighted by Gasteiger charge is -2.30. The third-order valence-corrected chi connectivity index (χ3v) is 8.31. The van der Waals surface area contributed by atoms with Crippen LogP contribution in [0.3, 0.4) is 0 Å². The monoisotopic (exact) mass is 562 g/mol. The number of hydrogen-bond donors (Lipinski definition) is 1. The number of hydrogen-bond acceptors (Lipinski definition) is 4. The van der Waals surface area contributed by atoms with Crippen molar-refractivity contribution in [2.45, 2.75) is 51.5 Å². The van der Waals surface area contributed by atoms with Gasteiger partial charge in [0.05, 0.1) is 19.1 Å². The summed E-state index contributed by atoms with van der Waals surface area (Å²) in [5.74, 6) is -2.32. The third-order valence-electron chi connectivity index (χ3n) is 8.31. The standard InChI is InChI=1S/C33H36F2N2O4/c1-3-4-5-15-37(26-11-12-28(35)21(2)17-26)30(38)20-36-19-27(23-8-13-29-24(18-23)14-16-41-29)31(33(39)40)32(36)22-6-9-25(34)10-7-22/h6-13,17-18,27,31-32H,3-5,14-16,19-20H2,1-2H3,(H,39,40). The van der Waals surface area contributed by atoms with Crippen LogP contribution in [-0.2, 0) is 16.0 Å². The number of rotatable bonds is 10. The second-order valence-corrected chi connectivity index (χ2v) is 11.0. The Hall–Kier alpha value is -3.78. The number of ether oxygens (including phenoxy) is 1. The molecule has 0 saturated carbocycles. The van der Waals surface area contributed by atoms with E-state index in [-0.39, 0.29) is 24.2 Å². The minimum absolute atomic E-state index is 0.0288. The first-order valence-corrected chi connectivity index (χ1v) is 14.3. The smallest absolute Gasteiger partial charge is 0.309 e. The molecule has 2 heterocycles. The van der Waals surface area contributed by atoms with Crippen molar-refractivity contribution in [3.05, 3.63) is 94.6 Å². The first kappa shape index (κ1) is 28.7. The largest absolute Gasteiger partial charge is 0.493 e. The number of halogens is 2. The molecular formula is C33H36F2N2O4. The molecule has 1 N–H and O–H groups in total. The Labute approximate surface area is 239 Å². The molecule has 3 aromatic carbocycles. The van der Waals surface area contributed by atoms with Crippen molar-refractivity contribution in [3.63, 3.8) is 0 Å². The van der Waals surface area contributed by atoms with Crippen LogP contribution < -0.4 is 9.64 Å². The number of amides is 1. The van der Waals surface area contributed by atoms with Crippen LogP contribution in [0.4, 0.5) is 14.5 Å². The number of carboxylic acid groups (broad SMARTS) is 1. The highest BCUT2D eigenvalue weighted by Gasteiger charge is 2.48. The summed E-state index contributed by atoms with van der Waals surface area (Å²) in [4.78, 5) is 30.4. The Bertz CT molecular complexity index is 1410. The number of benzene rings is 3. The fourth-order valence-electron chi connectivity index (χ4n) is 6.20. The van der Waals surface area contributed by atoms with E-state index in [1.165, 1.54) is 18.2 Å². The maximum atomic E-state index is 14.1. The van der Waals surface area contributed by atoms with Crippen molar-refractivity contribution in [1.29, 1.82) is 0 Å². The summed E-state index contributed by atoms with van der Waals surface area (Å²) in [6.45, 7) is 5.14. The van der Waals surface area contributed by atoms with Crippen molar-refractivity contribution in [1.82, 2.24) is 4.90 Å². The molecule has 0 bridgehead atoms. The number of nitrogens with zero attached hydrogens (tertiary/aromatic N) is 2. The molecule has 3 aromatic rings. The van der Waals surface area contributed by atoms with Gasteiger partial charge >= 0.3 is 5.97 Å². The normalized spacial score (nSPS) is 20.0. The first-order valence-electron chi connectivity index (χ1n) is 14.3. The van der Waals surface area contributed by atoms with E-state index in [4.69, 9.17) is 4.74 Å². The van der Waals surface area contributed by atoms with Crippen LogP contribution in [0, 0.1) is 24.5 Å². The number of aliphatic carboxylic acids is 1. The number of fused-ring (bicyclic) bond motifs is 1. The van der Waals surface area contributed by atoms with E-state index in [1.54, 1.807) is 36.1 Å². The van der Waals surface area contributed by atoms with E-state index in [9.17, 15) is 23.5 Å². The van der Waals surface area contributed by atoms with Crippen LogP contribution in [0.25, 0.3) is 0 Å². The predicted octanol–water partition coefficient (Wildman–Crippen LogP) is 6.27. The number of aryl methyl sites for hydroxylation is 1. The van der Waals surface area contributed by atoms with E-state index < -0.39 is 23.7 Å². The number of carbonyl (C=O) groups excluding carboxylic acids is 1. The Morgan fingerprint density at radius 1 is 1.02 bits per heavy atom. The van der Waals surface area contributed by atoms with Crippen LogP contribution in [0.2, 0.25) is 0 Å². The molecular weight excluding hydrogens is 526 g/mol. The van der Waals surface area contributed by atoms with Crippen molar-refractivity contribution in [2.75, 3.05) is 31.1 Å². The average Bonchev–Trinajstić information content (AvgIpc) is 3.57. The molecule has 0 aliphatic carbocycles. The quantitative estimate of drug-likeness (QED) is 0.295. The van der Waals surface area contributed by atoms with Gasteiger partial charge in [-0.2, -0.15) is 0 Å². The molecule has 41 heavy (non-hydrogen) atoms. The molecule has 0 radical (unpaired) electrons. The summed E-state index contributed by atoms with van der Waals surface area (Å²) in [5.41, 5.74) is 3.65. The summed E-state index contributed by atoms with van der Waals surface area (Å²) < 4.78 is 33.6. The molecule has 6 nitrogen and oxygen atoms in total. The zero-order valence-corrected chi connectivity index (χ0v) is 23.5. The summed E-state index contributed by atoms with van der Waals surface area (Å²) in [5, 5.41) is 10.5. The number of carbonyl (C=O) groups is 2. The Morgan fingerprint density at radius 2 is 1.78 bits per heavy atom. The highest BCUT2D eigenvalue weighted by Crippen LogP contribution is 2.47. The molecule has 1 amide bonds. The average molecular weight is 563 g/mol. The number of anilines is 1. The summed E-state index contributed by atoms with van der Waals surface area (Å²) >= 11 is 0. The van der Waals surface area contributed by atoms with Crippen LogP contribution in [-0.4, -0.2) is 48.1 Å². The molecule has 0 spiro atoms. The zero-order chi connectivity index (χ0) is 29.1. The van der Waals surface area contributed by atoms with Crippen LogP contribution in [0.1, 0.15) is 60.4 Å². The molecule has 3 unspecified atom stereocenters. The van der Waals surface area contributed by atoms with Gasteiger partial charge in [0.2, 0.25) is 5.91 Å². The fourth-order valence-corrected chi connectivity index (χ4v) is 6.20. The molecule has 5 rings (SSSR count).